The van der Waals surface area contributed by atoms with Crippen molar-refractivity contribution in [2.24, 2.45) is 5.41 Å². The Bertz CT molecular complexity index is 427. The van der Waals surface area contributed by atoms with Gasteiger partial charge in [0.1, 0.15) is 6.04 Å². The van der Waals surface area contributed by atoms with Gasteiger partial charge in [0.05, 0.1) is 11.4 Å². The van der Waals surface area contributed by atoms with Crippen molar-refractivity contribution in [3.63, 3.8) is 0 Å². The summed E-state index contributed by atoms with van der Waals surface area (Å²) in [5, 5.41) is 6.08. The molecular formula is C15H27N3O2S. The van der Waals surface area contributed by atoms with Crippen LogP contribution in [0.4, 0.5) is 0 Å². The van der Waals surface area contributed by atoms with Gasteiger partial charge in [0.15, 0.2) is 0 Å². The van der Waals surface area contributed by atoms with E-state index in [1.807, 2.05) is 16.7 Å². The highest BCUT2D eigenvalue weighted by atomic mass is 32.2. The maximum Gasteiger partial charge on any atom is 0.246 e. The first-order chi connectivity index (χ1) is 9.77. The Morgan fingerprint density at radius 2 is 2.14 bits per heavy atom. The summed E-state index contributed by atoms with van der Waals surface area (Å²) in [5.74, 6) is 0.888. The van der Waals surface area contributed by atoms with Crippen LogP contribution < -0.4 is 10.6 Å². The number of rotatable bonds is 3. The molecule has 0 radical (unpaired) electrons. The molecule has 0 aliphatic carbocycles. The molecule has 2 saturated heterocycles. The summed E-state index contributed by atoms with van der Waals surface area (Å²) in [6.07, 6.45) is 1.74. The Kier molecular flexibility index (Phi) is 4.88. The first kappa shape index (κ1) is 16.6. The van der Waals surface area contributed by atoms with Crippen LogP contribution in [0.25, 0.3) is 0 Å². The fourth-order valence-corrected chi connectivity index (χ4v) is 4.64. The monoisotopic (exact) mass is 313 g/mol. The average molecular weight is 313 g/mol. The standard InChI is InChI=1S/C15H27N3O2S/c1-9(16-5)13(19)17-11-6-7-21-12-8-15(3,4)10(2)18(12)14(11)20/h9-12,16H,6-8H2,1-5H3,(H,17,19)/t9-,10+,11?,12?/m0/s1. The lowest BCUT2D eigenvalue weighted by Crippen LogP contribution is -2.54. The van der Waals surface area contributed by atoms with Gasteiger partial charge < -0.3 is 15.5 Å². The average Bonchev–Trinajstić information content (AvgIpc) is 2.55. The molecule has 0 spiro atoms. The van der Waals surface area contributed by atoms with Crippen LogP contribution in [0.3, 0.4) is 0 Å². The van der Waals surface area contributed by atoms with Gasteiger partial charge in [-0.1, -0.05) is 13.8 Å². The molecule has 5 nitrogen and oxygen atoms in total. The second-order valence-electron chi connectivity index (χ2n) is 6.80. The molecule has 0 aromatic rings. The predicted molar refractivity (Wildman–Crippen MR) is 86.0 cm³/mol. The Hall–Kier alpha value is -0.750. The quantitative estimate of drug-likeness (QED) is 0.822. The third-order valence-electron chi connectivity index (χ3n) is 4.97. The minimum absolute atomic E-state index is 0.0831. The Balaban J connectivity index is 2.12. The molecule has 2 aliphatic rings. The number of nitrogens with one attached hydrogen (secondary N) is 2. The van der Waals surface area contributed by atoms with Crippen LogP contribution in [-0.2, 0) is 9.59 Å². The number of thioether (sulfide) groups is 1. The summed E-state index contributed by atoms with van der Waals surface area (Å²) in [4.78, 5) is 26.9. The molecule has 0 aromatic heterocycles. The van der Waals surface area contributed by atoms with Crippen LogP contribution in [0.5, 0.6) is 0 Å². The maximum atomic E-state index is 12.8. The van der Waals surface area contributed by atoms with Crippen LogP contribution in [-0.4, -0.2) is 53.0 Å². The van der Waals surface area contributed by atoms with Crippen molar-refractivity contribution in [1.29, 1.82) is 0 Å². The second kappa shape index (κ2) is 6.16. The summed E-state index contributed by atoms with van der Waals surface area (Å²) in [6, 6.07) is -0.458. The summed E-state index contributed by atoms with van der Waals surface area (Å²) in [7, 11) is 1.75. The van der Waals surface area contributed by atoms with E-state index in [1.54, 1.807) is 14.0 Å². The normalized spacial score (nSPS) is 33.3. The van der Waals surface area contributed by atoms with Crippen molar-refractivity contribution >= 4 is 23.6 Å². The van der Waals surface area contributed by atoms with E-state index < -0.39 is 0 Å². The number of amides is 2. The van der Waals surface area contributed by atoms with Crippen LogP contribution in [0.15, 0.2) is 0 Å². The van der Waals surface area contributed by atoms with E-state index in [-0.39, 0.29) is 40.7 Å². The van der Waals surface area contributed by atoms with Gasteiger partial charge in [0.25, 0.3) is 0 Å². The lowest BCUT2D eigenvalue weighted by Gasteiger charge is -2.32. The van der Waals surface area contributed by atoms with E-state index in [4.69, 9.17) is 0 Å². The molecule has 120 valence electrons. The molecule has 2 unspecified atom stereocenters. The van der Waals surface area contributed by atoms with E-state index in [0.29, 0.717) is 6.42 Å². The molecule has 2 aliphatic heterocycles. The Labute approximate surface area is 131 Å². The van der Waals surface area contributed by atoms with E-state index in [2.05, 4.69) is 31.4 Å². The number of hydrogen-bond donors (Lipinski definition) is 2. The second-order valence-corrected chi connectivity index (χ2v) is 8.09. The van der Waals surface area contributed by atoms with E-state index in [0.717, 1.165) is 12.2 Å². The van der Waals surface area contributed by atoms with E-state index >= 15 is 0 Å². The zero-order chi connectivity index (χ0) is 15.8. The number of likely N-dealkylation sites (N-methyl/N-ethyl adjacent to an activating group) is 1. The number of carbonyl (C=O) groups is 2. The highest BCUT2D eigenvalue weighted by molar-refractivity contribution is 7.99. The fourth-order valence-electron chi connectivity index (χ4n) is 3.00. The first-order valence-corrected chi connectivity index (χ1v) is 8.74. The molecule has 6 heteroatoms. The summed E-state index contributed by atoms with van der Waals surface area (Å²) >= 11 is 1.85. The zero-order valence-corrected chi connectivity index (χ0v) is 14.4. The molecule has 2 fully saturated rings. The lowest BCUT2D eigenvalue weighted by atomic mass is 9.86. The molecule has 4 atom stereocenters. The van der Waals surface area contributed by atoms with Gasteiger partial charge in [-0.15, -0.1) is 11.8 Å². The van der Waals surface area contributed by atoms with Gasteiger partial charge >= 0.3 is 0 Å². The molecule has 2 heterocycles. The number of carbonyl (C=O) groups excluding carboxylic acids is 2. The Morgan fingerprint density at radius 3 is 2.76 bits per heavy atom. The molecule has 2 rings (SSSR count). The minimum Gasteiger partial charge on any atom is -0.343 e. The molecule has 0 saturated carbocycles. The molecule has 2 amide bonds. The number of hydrogen-bond acceptors (Lipinski definition) is 4. The van der Waals surface area contributed by atoms with Crippen molar-refractivity contribution in [1.82, 2.24) is 15.5 Å². The van der Waals surface area contributed by atoms with E-state index in [9.17, 15) is 9.59 Å². The largest absolute Gasteiger partial charge is 0.343 e. The molecule has 0 aromatic carbocycles. The lowest BCUT2D eigenvalue weighted by molar-refractivity contribution is -0.138. The summed E-state index contributed by atoms with van der Waals surface area (Å²) in [6.45, 7) is 8.36. The molecule has 0 bridgehead atoms. The van der Waals surface area contributed by atoms with E-state index in [1.165, 1.54) is 0 Å². The zero-order valence-electron chi connectivity index (χ0n) is 13.6. The highest BCUT2D eigenvalue weighted by Gasteiger charge is 2.49. The first-order valence-electron chi connectivity index (χ1n) is 7.69. The maximum absolute atomic E-state index is 12.8. The van der Waals surface area contributed by atoms with Crippen LogP contribution in [0.2, 0.25) is 0 Å². The summed E-state index contributed by atoms with van der Waals surface area (Å²) in [5.41, 5.74) is 0.136. The van der Waals surface area contributed by atoms with Crippen molar-refractivity contribution in [2.75, 3.05) is 12.8 Å². The predicted octanol–water partition coefficient (Wildman–Crippen LogP) is 1.19. The minimum atomic E-state index is -0.387. The Morgan fingerprint density at radius 1 is 1.48 bits per heavy atom. The van der Waals surface area contributed by atoms with Crippen molar-refractivity contribution in [2.45, 2.75) is 64.0 Å². The van der Waals surface area contributed by atoms with Gasteiger partial charge in [-0.3, -0.25) is 9.59 Å². The van der Waals surface area contributed by atoms with Gasteiger partial charge in [-0.05, 0) is 44.9 Å². The molecular weight excluding hydrogens is 286 g/mol. The smallest absolute Gasteiger partial charge is 0.246 e. The van der Waals surface area contributed by atoms with Crippen molar-refractivity contribution < 1.29 is 9.59 Å². The third kappa shape index (κ3) is 3.21. The van der Waals surface area contributed by atoms with Gasteiger partial charge in [-0.25, -0.2) is 0 Å². The summed E-state index contributed by atoms with van der Waals surface area (Å²) < 4.78 is 0. The van der Waals surface area contributed by atoms with Crippen LogP contribution in [0.1, 0.15) is 40.5 Å². The highest BCUT2D eigenvalue weighted by Crippen LogP contribution is 2.45. The van der Waals surface area contributed by atoms with Gasteiger partial charge in [-0.2, -0.15) is 0 Å². The SMILES string of the molecule is CN[C@@H](C)C(=O)NC1CCSC2CC(C)(C)[C@@H](C)N2C1=O. The topological polar surface area (TPSA) is 61.4 Å². The fraction of sp³-hybridized carbons (Fsp3) is 0.867. The van der Waals surface area contributed by atoms with Gasteiger partial charge in [0, 0.05) is 6.04 Å². The van der Waals surface area contributed by atoms with Crippen molar-refractivity contribution in [3.8, 4) is 0 Å². The molecule has 2 N–H and O–H groups in total. The van der Waals surface area contributed by atoms with Gasteiger partial charge in [0.2, 0.25) is 11.8 Å². The van der Waals surface area contributed by atoms with Crippen molar-refractivity contribution in [3.05, 3.63) is 0 Å². The van der Waals surface area contributed by atoms with Crippen LogP contribution >= 0.6 is 11.8 Å². The molecule has 21 heavy (non-hydrogen) atoms. The third-order valence-corrected chi connectivity index (χ3v) is 6.22. The number of fused-ring (bicyclic) bond motifs is 1. The number of nitrogens with zero attached hydrogens (tertiary/aromatic N) is 1. The van der Waals surface area contributed by atoms with Crippen LogP contribution in [0, 0.1) is 5.41 Å².